The van der Waals surface area contributed by atoms with E-state index in [4.69, 9.17) is 0 Å². The minimum absolute atomic E-state index is 0.0675. The summed E-state index contributed by atoms with van der Waals surface area (Å²) in [6.45, 7) is 0.361. The summed E-state index contributed by atoms with van der Waals surface area (Å²) >= 11 is 0. The molecule has 0 aliphatic carbocycles. The molecule has 0 bridgehead atoms. The second kappa shape index (κ2) is 7.40. The molecule has 4 rings (SSSR count). The van der Waals surface area contributed by atoms with Crippen molar-refractivity contribution in [3.63, 3.8) is 0 Å². The van der Waals surface area contributed by atoms with Gasteiger partial charge < -0.3 is 4.90 Å². The third-order valence-corrected chi connectivity index (χ3v) is 4.51. The summed E-state index contributed by atoms with van der Waals surface area (Å²) in [5.74, 6) is -0.126. The molecule has 1 aromatic heterocycles. The zero-order valence-electron chi connectivity index (χ0n) is 14.9. The minimum Gasteiger partial charge on any atom is -0.306 e. The monoisotopic (exact) mass is 372 g/mol. The number of benzene rings is 2. The average Bonchev–Trinajstić information content (AvgIpc) is 2.86. The van der Waals surface area contributed by atoms with E-state index in [9.17, 15) is 14.9 Å². The van der Waals surface area contributed by atoms with Crippen molar-refractivity contribution >= 4 is 28.7 Å². The second-order valence-electron chi connectivity index (χ2n) is 6.37. The Hall–Kier alpha value is -3.87. The lowest BCUT2D eigenvalue weighted by Crippen LogP contribution is -2.31. The van der Waals surface area contributed by atoms with Gasteiger partial charge in [-0.15, -0.1) is 0 Å². The molecule has 0 atom stereocenters. The van der Waals surface area contributed by atoms with Gasteiger partial charge in [-0.2, -0.15) is 0 Å². The average molecular weight is 372 g/mol. The molecule has 3 aromatic rings. The van der Waals surface area contributed by atoms with Crippen LogP contribution in [0.4, 0.5) is 17.1 Å². The third kappa shape index (κ3) is 3.50. The highest BCUT2D eigenvalue weighted by atomic mass is 16.6. The quantitative estimate of drug-likeness (QED) is 0.510. The van der Waals surface area contributed by atoms with Crippen LogP contribution in [0.15, 0.2) is 78.0 Å². The summed E-state index contributed by atoms with van der Waals surface area (Å²) in [5, 5.41) is 11.2. The van der Waals surface area contributed by atoms with Crippen LogP contribution in [0, 0.1) is 10.1 Å². The highest BCUT2D eigenvalue weighted by Crippen LogP contribution is 2.36. The largest absolute Gasteiger partial charge is 0.306 e. The Morgan fingerprint density at radius 2 is 1.89 bits per heavy atom. The normalized spacial score (nSPS) is 13.5. The summed E-state index contributed by atoms with van der Waals surface area (Å²) in [7, 11) is 0. The van der Waals surface area contributed by atoms with Gasteiger partial charge in [0.15, 0.2) is 0 Å². The molecule has 0 unspecified atom stereocenters. The van der Waals surface area contributed by atoms with Crippen molar-refractivity contribution in [2.45, 2.75) is 13.0 Å². The number of fused-ring (bicyclic) bond motifs is 1. The van der Waals surface area contributed by atoms with Crippen LogP contribution >= 0.6 is 0 Å². The van der Waals surface area contributed by atoms with Crippen LogP contribution in [0.3, 0.4) is 0 Å². The van der Waals surface area contributed by atoms with E-state index in [-0.39, 0.29) is 18.0 Å². The fourth-order valence-corrected chi connectivity index (χ4v) is 3.14. The third-order valence-electron chi connectivity index (χ3n) is 4.51. The summed E-state index contributed by atoms with van der Waals surface area (Å²) in [6.07, 6.45) is 3.36. The van der Waals surface area contributed by atoms with E-state index in [1.807, 2.05) is 36.4 Å². The molecule has 138 valence electrons. The Bertz CT molecular complexity index is 1070. The molecule has 1 amide bonds. The second-order valence-corrected chi connectivity index (χ2v) is 6.37. The van der Waals surface area contributed by atoms with E-state index < -0.39 is 4.92 Å². The predicted molar refractivity (Wildman–Crippen MR) is 106 cm³/mol. The van der Waals surface area contributed by atoms with Gasteiger partial charge in [0, 0.05) is 30.1 Å². The maximum absolute atomic E-state index is 13.1. The molecular formula is C21H16N4O3. The molecule has 0 radical (unpaired) electrons. The Morgan fingerprint density at radius 1 is 1.07 bits per heavy atom. The molecule has 7 nitrogen and oxygen atoms in total. The lowest BCUT2D eigenvalue weighted by atomic mass is 10.1. The number of carbonyl (C=O) groups excluding carboxylic acids is 1. The number of hydrogen-bond donors (Lipinski definition) is 0. The molecule has 0 fully saturated rings. The van der Waals surface area contributed by atoms with Gasteiger partial charge in [0.2, 0.25) is 5.91 Å². The van der Waals surface area contributed by atoms with Gasteiger partial charge in [-0.3, -0.25) is 19.9 Å². The van der Waals surface area contributed by atoms with Crippen molar-refractivity contribution in [2.24, 2.45) is 4.99 Å². The first kappa shape index (κ1) is 17.5. The van der Waals surface area contributed by atoms with E-state index >= 15 is 0 Å². The first-order chi connectivity index (χ1) is 13.6. The Balaban J connectivity index is 1.82. The lowest BCUT2D eigenvalue weighted by Gasteiger charge is -2.22. The number of amides is 1. The fourth-order valence-electron chi connectivity index (χ4n) is 3.14. The zero-order chi connectivity index (χ0) is 19.5. The Labute approximate surface area is 161 Å². The summed E-state index contributed by atoms with van der Waals surface area (Å²) in [4.78, 5) is 34.2. The summed E-state index contributed by atoms with van der Waals surface area (Å²) in [6, 6.07) is 17.6. The van der Waals surface area contributed by atoms with E-state index in [2.05, 4.69) is 9.98 Å². The molecule has 2 aromatic carbocycles. The molecule has 0 N–H and O–H groups in total. The number of nitrogens with zero attached hydrogens (tertiary/aromatic N) is 4. The molecule has 0 saturated carbocycles. The van der Waals surface area contributed by atoms with E-state index in [0.717, 1.165) is 11.1 Å². The fraction of sp³-hybridized carbons (Fsp3) is 0.0952. The maximum atomic E-state index is 13.1. The van der Waals surface area contributed by atoms with Crippen molar-refractivity contribution in [1.82, 2.24) is 4.98 Å². The van der Waals surface area contributed by atoms with Crippen molar-refractivity contribution in [3.05, 3.63) is 94.3 Å². The van der Waals surface area contributed by atoms with Crippen LogP contribution in [-0.2, 0) is 11.3 Å². The highest BCUT2D eigenvalue weighted by Gasteiger charge is 2.26. The molecule has 1 aliphatic heterocycles. The topological polar surface area (TPSA) is 88.7 Å². The molecule has 2 heterocycles. The van der Waals surface area contributed by atoms with Crippen molar-refractivity contribution in [2.75, 3.05) is 4.90 Å². The Kier molecular flexibility index (Phi) is 4.63. The van der Waals surface area contributed by atoms with E-state index in [1.165, 1.54) is 12.1 Å². The first-order valence-electron chi connectivity index (χ1n) is 8.72. The van der Waals surface area contributed by atoms with Crippen LogP contribution < -0.4 is 4.90 Å². The van der Waals surface area contributed by atoms with Gasteiger partial charge in [-0.25, -0.2) is 4.99 Å². The number of carbonyl (C=O) groups is 1. The van der Waals surface area contributed by atoms with Crippen molar-refractivity contribution in [1.29, 1.82) is 0 Å². The highest BCUT2D eigenvalue weighted by molar-refractivity contribution is 6.17. The number of rotatable bonds is 4. The van der Waals surface area contributed by atoms with Crippen LogP contribution in [-0.4, -0.2) is 21.5 Å². The van der Waals surface area contributed by atoms with Gasteiger partial charge >= 0.3 is 0 Å². The smallest absolute Gasteiger partial charge is 0.271 e. The van der Waals surface area contributed by atoms with E-state index in [1.54, 1.807) is 29.4 Å². The number of hydrogen-bond acceptors (Lipinski definition) is 5. The minimum atomic E-state index is -0.464. The standard InChI is InChI=1S/C21H16N4O3/c26-21-12-18(16-7-4-10-22-13-16)23-19-11-17(25(27)28)8-9-20(19)24(21)14-15-5-2-1-3-6-15/h1-11,13H,12,14H2. The van der Waals surface area contributed by atoms with Gasteiger partial charge in [0.1, 0.15) is 0 Å². The number of pyridine rings is 1. The number of aliphatic imine (C=N–C) groups is 1. The van der Waals surface area contributed by atoms with Crippen molar-refractivity contribution in [3.8, 4) is 0 Å². The SMILES string of the molecule is O=C1CC(c2cccnc2)=Nc2cc([N+](=O)[O-])ccc2N1Cc1ccccc1. The number of non-ortho nitro benzene ring substituents is 1. The molecule has 7 heteroatoms. The van der Waals surface area contributed by atoms with Crippen molar-refractivity contribution < 1.29 is 9.72 Å². The van der Waals surface area contributed by atoms with Gasteiger partial charge in [0.05, 0.1) is 35.0 Å². The summed E-state index contributed by atoms with van der Waals surface area (Å²) < 4.78 is 0. The number of aromatic nitrogens is 1. The van der Waals surface area contributed by atoms with Gasteiger partial charge in [-0.1, -0.05) is 36.4 Å². The maximum Gasteiger partial charge on any atom is 0.271 e. The van der Waals surface area contributed by atoms with Crippen LogP contribution in [0.2, 0.25) is 0 Å². The molecular weight excluding hydrogens is 356 g/mol. The molecule has 0 saturated heterocycles. The lowest BCUT2D eigenvalue weighted by molar-refractivity contribution is -0.384. The number of nitro groups is 1. The molecule has 1 aliphatic rings. The van der Waals surface area contributed by atoms with E-state index in [0.29, 0.717) is 23.6 Å². The number of nitro benzene ring substituents is 1. The molecule has 28 heavy (non-hydrogen) atoms. The van der Waals surface area contributed by atoms with Crippen LogP contribution in [0.25, 0.3) is 0 Å². The zero-order valence-corrected chi connectivity index (χ0v) is 14.9. The predicted octanol–water partition coefficient (Wildman–Crippen LogP) is 4.05. The van der Waals surface area contributed by atoms with Gasteiger partial charge in [-0.05, 0) is 17.7 Å². The summed E-state index contributed by atoms with van der Waals surface area (Å²) in [5.41, 5.74) is 3.10. The number of anilines is 1. The van der Waals surface area contributed by atoms with Crippen LogP contribution in [0.1, 0.15) is 17.5 Å². The van der Waals surface area contributed by atoms with Crippen LogP contribution in [0.5, 0.6) is 0 Å². The molecule has 0 spiro atoms. The Morgan fingerprint density at radius 3 is 2.61 bits per heavy atom. The first-order valence-corrected chi connectivity index (χ1v) is 8.72. The van der Waals surface area contributed by atoms with Gasteiger partial charge in [0.25, 0.3) is 5.69 Å².